The molecule has 0 bridgehead atoms. The molecule has 0 aliphatic carbocycles. The Morgan fingerprint density at radius 2 is 1.58 bits per heavy atom. The van der Waals surface area contributed by atoms with Gasteiger partial charge in [-0.05, 0) is 48.0 Å². The first-order chi connectivity index (χ1) is 9.04. The van der Waals surface area contributed by atoms with Crippen LogP contribution in [-0.2, 0) is 0 Å². The van der Waals surface area contributed by atoms with E-state index in [4.69, 9.17) is 0 Å². The van der Waals surface area contributed by atoms with E-state index in [0.717, 1.165) is 22.7 Å². The molecule has 0 aliphatic rings. The Morgan fingerprint density at radius 3 is 2.16 bits per heavy atom. The Labute approximate surface area is 117 Å². The number of carbonyl (C=O) groups is 1. The van der Waals surface area contributed by atoms with Gasteiger partial charge in [-0.25, -0.2) is 8.78 Å². The van der Waals surface area contributed by atoms with Crippen LogP contribution in [0.3, 0.4) is 0 Å². The third-order valence-corrected chi connectivity index (χ3v) is 2.97. The van der Waals surface area contributed by atoms with Crippen LogP contribution in [0.15, 0.2) is 53.0 Å². The third-order valence-electron chi connectivity index (χ3n) is 2.44. The topological polar surface area (TPSA) is 17.1 Å². The summed E-state index contributed by atoms with van der Waals surface area (Å²) >= 11 is 3.27. The maximum absolute atomic E-state index is 13.0. The van der Waals surface area contributed by atoms with Gasteiger partial charge in [-0.3, -0.25) is 4.79 Å². The molecule has 0 fully saturated rings. The van der Waals surface area contributed by atoms with Crippen molar-refractivity contribution >= 4 is 27.8 Å². The van der Waals surface area contributed by atoms with E-state index in [1.165, 1.54) is 12.2 Å². The zero-order valence-electron chi connectivity index (χ0n) is 9.74. The van der Waals surface area contributed by atoms with E-state index in [1.54, 1.807) is 24.3 Å². The lowest BCUT2D eigenvalue weighted by molar-refractivity contribution is 0.104. The van der Waals surface area contributed by atoms with E-state index >= 15 is 0 Å². The second kappa shape index (κ2) is 5.89. The number of benzene rings is 2. The highest BCUT2D eigenvalue weighted by Gasteiger charge is 2.02. The Kier molecular flexibility index (Phi) is 4.22. The van der Waals surface area contributed by atoms with Crippen molar-refractivity contribution in [2.45, 2.75) is 0 Å². The minimum absolute atomic E-state index is 0.225. The highest BCUT2D eigenvalue weighted by molar-refractivity contribution is 9.10. The first kappa shape index (κ1) is 13.6. The maximum Gasteiger partial charge on any atom is 0.185 e. The van der Waals surface area contributed by atoms with Gasteiger partial charge < -0.3 is 0 Å². The number of ketones is 1. The molecule has 0 saturated carbocycles. The molecule has 1 nitrogen and oxygen atoms in total. The molecule has 0 aliphatic heterocycles. The van der Waals surface area contributed by atoms with Gasteiger partial charge in [0.1, 0.15) is 11.6 Å². The summed E-state index contributed by atoms with van der Waals surface area (Å²) in [6.45, 7) is 0. The standard InChI is InChI=1S/C15H9BrF2O/c16-12-4-2-11(3-5-12)15(19)6-1-10-7-13(17)9-14(18)8-10/h1-9H. The van der Waals surface area contributed by atoms with Crippen LogP contribution in [0.4, 0.5) is 8.78 Å². The lowest BCUT2D eigenvalue weighted by Gasteiger charge is -1.97. The zero-order chi connectivity index (χ0) is 13.8. The smallest absolute Gasteiger partial charge is 0.185 e. The van der Waals surface area contributed by atoms with Crippen molar-refractivity contribution in [3.8, 4) is 0 Å². The minimum atomic E-state index is -0.671. The SMILES string of the molecule is O=C(C=Cc1cc(F)cc(F)c1)c1ccc(Br)cc1. The Balaban J connectivity index is 2.18. The highest BCUT2D eigenvalue weighted by atomic mass is 79.9. The van der Waals surface area contributed by atoms with Gasteiger partial charge >= 0.3 is 0 Å². The molecule has 2 aromatic carbocycles. The van der Waals surface area contributed by atoms with Crippen LogP contribution in [0.25, 0.3) is 6.08 Å². The van der Waals surface area contributed by atoms with Gasteiger partial charge in [-0.2, -0.15) is 0 Å². The van der Waals surface area contributed by atoms with E-state index < -0.39 is 11.6 Å². The molecule has 19 heavy (non-hydrogen) atoms. The van der Waals surface area contributed by atoms with Crippen LogP contribution in [-0.4, -0.2) is 5.78 Å². The van der Waals surface area contributed by atoms with Crippen LogP contribution >= 0.6 is 15.9 Å². The maximum atomic E-state index is 13.0. The van der Waals surface area contributed by atoms with E-state index in [9.17, 15) is 13.6 Å². The molecule has 0 amide bonds. The van der Waals surface area contributed by atoms with Crippen LogP contribution in [0.2, 0.25) is 0 Å². The molecule has 2 aromatic rings. The summed E-state index contributed by atoms with van der Waals surface area (Å²) in [6.07, 6.45) is 2.67. The number of hydrogen-bond acceptors (Lipinski definition) is 1. The lowest BCUT2D eigenvalue weighted by atomic mass is 10.1. The first-order valence-electron chi connectivity index (χ1n) is 5.49. The van der Waals surface area contributed by atoms with E-state index in [-0.39, 0.29) is 5.78 Å². The summed E-state index contributed by atoms with van der Waals surface area (Å²) in [7, 11) is 0. The minimum Gasteiger partial charge on any atom is -0.289 e. The molecule has 0 N–H and O–H groups in total. The molecule has 0 atom stereocenters. The highest BCUT2D eigenvalue weighted by Crippen LogP contribution is 2.13. The van der Waals surface area contributed by atoms with Gasteiger partial charge in [0.15, 0.2) is 5.78 Å². The molecule has 0 spiro atoms. The second-order valence-electron chi connectivity index (χ2n) is 3.91. The van der Waals surface area contributed by atoms with Gasteiger partial charge in [0, 0.05) is 16.1 Å². The summed E-state index contributed by atoms with van der Waals surface area (Å²) in [6, 6.07) is 9.95. The molecule has 0 unspecified atom stereocenters. The quantitative estimate of drug-likeness (QED) is 0.595. The predicted octanol–water partition coefficient (Wildman–Crippen LogP) is 4.62. The fraction of sp³-hybridized carbons (Fsp3) is 0. The number of allylic oxidation sites excluding steroid dienone is 1. The van der Waals surface area contributed by atoms with Gasteiger partial charge in [0.25, 0.3) is 0 Å². The largest absolute Gasteiger partial charge is 0.289 e. The van der Waals surface area contributed by atoms with Crippen molar-refractivity contribution in [3.63, 3.8) is 0 Å². The Bertz CT molecular complexity index is 613. The van der Waals surface area contributed by atoms with Crippen LogP contribution in [0.5, 0.6) is 0 Å². The molecule has 0 radical (unpaired) electrons. The summed E-state index contributed by atoms with van der Waals surface area (Å²) in [5.41, 5.74) is 0.819. The van der Waals surface area contributed by atoms with Crippen LogP contribution in [0, 0.1) is 11.6 Å². The van der Waals surface area contributed by atoms with Gasteiger partial charge in [0.2, 0.25) is 0 Å². The molecule has 2 rings (SSSR count). The normalized spacial score (nSPS) is 10.9. The monoisotopic (exact) mass is 322 g/mol. The number of rotatable bonds is 3. The van der Waals surface area contributed by atoms with Crippen molar-refractivity contribution in [1.82, 2.24) is 0 Å². The van der Waals surface area contributed by atoms with E-state index in [0.29, 0.717) is 11.1 Å². The molecule has 0 saturated heterocycles. The first-order valence-corrected chi connectivity index (χ1v) is 6.28. The zero-order valence-corrected chi connectivity index (χ0v) is 11.3. The van der Waals surface area contributed by atoms with Crippen molar-refractivity contribution < 1.29 is 13.6 Å². The van der Waals surface area contributed by atoms with Gasteiger partial charge in [-0.15, -0.1) is 0 Å². The van der Waals surface area contributed by atoms with Crippen molar-refractivity contribution in [2.24, 2.45) is 0 Å². The van der Waals surface area contributed by atoms with Gasteiger partial charge in [-0.1, -0.05) is 22.0 Å². The Morgan fingerprint density at radius 1 is 1.00 bits per heavy atom. The van der Waals surface area contributed by atoms with Crippen LogP contribution in [0.1, 0.15) is 15.9 Å². The molecule has 0 aromatic heterocycles. The summed E-state index contributed by atoms with van der Waals surface area (Å²) < 4.78 is 26.8. The number of carbonyl (C=O) groups excluding carboxylic acids is 1. The number of halogens is 3. The third kappa shape index (κ3) is 3.83. The average Bonchev–Trinajstić information content (AvgIpc) is 2.36. The van der Waals surface area contributed by atoms with E-state index in [2.05, 4.69) is 15.9 Å². The Hall–Kier alpha value is -1.81. The number of hydrogen-bond donors (Lipinski definition) is 0. The van der Waals surface area contributed by atoms with Crippen molar-refractivity contribution in [1.29, 1.82) is 0 Å². The van der Waals surface area contributed by atoms with Crippen molar-refractivity contribution in [2.75, 3.05) is 0 Å². The fourth-order valence-corrected chi connectivity index (χ4v) is 1.82. The van der Waals surface area contributed by atoms with Crippen molar-refractivity contribution in [3.05, 3.63) is 75.8 Å². The fourth-order valence-electron chi connectivity index (χ4n) is 1.55. The molecule has 4 heteroatoms. The molecular weight excluding hydrogens is 314 g/mol. The average molecular weight is 323 g/mol. The summed E-state index contributed by atoms with van der Waals surface area (Å²) in [5, 5.41) is 0. The molecule has 0 heterocycles. The second-order valence-corrected chi connectivity index (χ2v) is 4.82. The van der Waals surface area contributed by atoms with Crippen LogP contribution < -0.4 is 0 Å². The molecular formula is C15H9BrF2O. The van der Waals surface area contributed by atoms with Gasteiger partial charge in [0.05, 0.1) is 0 Å². The van der Waals surface area contributed by atoms with E-state index in [1.807, 2.05) is 0 Å². The summed E-state index contributed by atoms with van der Waals surface area (Å²) in [5.74, 6) is -1.57. The summed E-state index contributed by atoms with van der Waals surface area (Å²) in [4.78, 5) is 11.8. The lowest BCUT2D eigenvalue weighted by Crippen LogP contribution is -1.93. The predicted molar refractivity (Wildman–Crippen MR) is 73.9 cm³/mol. The molecule has 96 valence electrons.